The number of urea groups is 1. The summed E-state index contributed by atoms with van der Waals surface area (Å²) in [6.45, 7) is 0.631. The van der Waals surface area contributed by atoms with E-state index in [1.807, 2.05) is 0 Å². The number of hydrogen-bond donors (Lipinski definition) is 1. The highest BCUT2D eigenvalue weighted by Crippen LogP contribution is 2.27. The van der Waals surface area contributed by atoms with E-state index in [-0.39, 0.29) is 18.1 Å². The number of amides is 2. The Bertz CT molecular complexity index is 254. The van der Waals surface area contributed by atoms with Crippen LogP contribution >= 0.6 is 0 Å². The van der Waals surface area contributed by atoms with Gasteiger partial charge in [0, 0.05) is 19.8 Å². The number of fused-ring (bicyclic) bond motifs is 2. The molecular weight excluding hydrogens is 170 g/mol. The van der Waals surface area contributed by atoms with E-state index in [1.165, 1.54) is 0 Å². The molecule has 5 heteroatoms. The van der Waals surface area contributed by atoms with E-state index in [1.54, 1.807) is 18.2 Å². The van der Waals surface area contributed by atoms with Crippen molar-refractivity contribution in [3.05, 3.63) is 0 Å². The lowest BCUT2D eigenvalue weighted by Crippen LogP contribution is -2.40. The van der Waals surface area contributed by atoms with Crippen molar-refractivity contribution < 1.29 is 10.0 Å². The van der Waals surface area contributed by atoms with Gasteiger partial charge in [0.1, 0.15) is 0 Å². The Labute approximate surface area is 76.6 Å². The molecule has 0 spiro atoms. The predicted molar refractivity (Wildman–Crippen MR) is 47.0 cm³/mol. The lowest BCUT2D eigenvalue weighted by molar-refractivity contribution is -0.0583. The number of hydroxylamine groups is 2. The van der Waals surface area contributed by atoms with Gasteiger partial charge in [-0.1, -0.05) is 0 Å². The van der Waals surface area contributed by atoms with Crippen LogP contribution in [-0.2, 0) is 0 Å². The average molecular weight is 183 g/mol. The van der Waals surface area contributed by atoms with Gasteiger partial charge in [-0.15, -0.1) is 0 Å². The van der Waals surface area contributed by atoms with Crippen LogP contribution in [0.4, 0.5) is 4.79 Å². The fourth-order valence-corrected chi connectivity index (χ4v) is 2.01. The fourth-order valence-electron chi connectivity index (χ4n) is 2.01. The van der Waals surface area contributed by atoms with Crippen LogP contribution in [0.1, 0.15) is 12.8 Å². The molecule has 2 saturated heterocycles. The van der Waals surface area contributed by atoms with Gasteiger partial charge >= 0.3 is 6.03 Å². The first kappa shape index (κ1) is 8.50. The molecule has 0 unspecified atom stereocenters. The summed E-state index contributed by atoms with van der Waals surface area (Å²) in [5.74, 6) is 0. The predicted octanol–water partition coefficient (Wildman–Crippen LogP) is 0.345. The molecule has 0 aromatic heterocycles. The second-order valence-corrected chi connectivity index (χ2v) is 3.49. The van der Waals surface area contributed by atoms with Crippen LogP contribution < -0.4 is 0 Å². The standard InChI is InChI=1S/C8H13N3O2/c1-9-4-6-2-3-7-5-10(6)8(12)11(7)13/h4,6-7,13H,2-3,5H2,1H3/b9-4+/t6-,7-/m0/s1. The summed E-state index contributed by atoms with van der Waals surface area (Å²) >= 11 is 0. The van der Waals surface area contributed by atoms with E-state index in [2.05, 4.69) is 4.99 Å². The summed E-state index contributed by atoms with van der Waals surface area (Å²) in [6, 6.07) is -0.215. The summed E-state index contributed by atoms with van der Waals surface area (Å²) in [7, 11) is 1.70. The monoisotopic (exact) mass is 183 g/mol. The second kappa shape index (κ2) is 2.99. The van der Waals surface area contributed by atoms with Crippen molar-refractivity contribution in [1.82, 2.24) is 9.96 Å². The van der Waals surface area contributed by atoms with Crippen LogP contribution in [0.5, 0.6) is 0 Å². The highest BCUT2D eigenvalue weighted by molar-refractivity contribution is 5.81. The van der Waals surface area contributed by atoms with E-state index in [9.17, 15) is 10.0 Å². The quantitative estimate of drug-likeness (QED) is 0.471. The smallest absolute Gasteiger partial charge is 0.313 e. The van der Waals surface area contributed by atoms with Crippen molar-refractivity contribution in [2.24, 2.45) is 4.99 Å². The topological polar surface area (TPSA) is 56.1 Å². The lowest BCUT2D eigenvalue weighted by atomic mass is 10.0. The van der Waals surface area contributed by atoms with Crippen LogP contribution in [0.25, 0.3) is 0 Å². The molecule has 72 valence electrons. The minimum atomic E-state index is -0.285. The average Bonchev–Trinajstić information content (AvgIpc) is 2.37. The van der Waals surface area contributed by atoms with Gasteiger partial charge in [0.05, 0.1) is 12.1 Å². The molecule has 2 aliphatic rings. The largest absolute Gasteiger partial charge is 0.344 e. The van der Waals surface area contributed by atoms with Gasteiger partial charge in [0.2, 0.25) is 0 Å². The number of nitrogens with zero attached hydrogens (tertiary/aromatic N) is 3. The third-order valence-electron chi connectivity index (χ3n) is 2.71. The maximum absolute atomic E-state index is 11.4. The van der Waals surface area contributed by atoms with Crippen molar-refractivity contribution in [1.29, 1.82) is 0 Å². The summed E-state index contributed by atoms with van der Waals surface area (Å²) in [4.78, 5) is 17.0. The molecule has 2 aliphatic heterocycles. The molecule has 2 bridgehead atoms. The van der Waals surface area contributed by atoms with Crippen molar-refractivity contribution in [2.75, 3.05) is 13.6 Å². The first-order valence-electron chi connectivity index (χ1n) is 4.45. The van der Waals surface area contributed by atoms with Crippen molar-refractivity contribution in [3.8, 4) is 0 Å². The Balaban J connectivity index is 2.17. The number of hydrogen-bond acceptors (Lipinski definition) is 3. The van der Waals surface area contributed by atoms with Crippen molar-refractivity contribution >= 4 is 12.2 Å². The highest BCUT2D eigenvalue weighted by Gasteiger charge is 2.43. The highest BCUT2D eigenvalue weighted by atomic mass is 16.5. The van der Waals surface area contributed by atoms with Gasteiger partial charge in [-0.05, 0) is 12.8 Å². The van der Waals surface area contributed by atoms with Crippen LogP contribution in [0.3, 0.4) is 0 Å². The zero-order valence-electron chi connectivity index (χ0n) is 7.55. The Morgan fingerprint density at radius 1 is 1.62 bits per heavy atom. The molecule has 0 aliphatic carbocycles. The van der Waals surface area contributed by atoms with Gasteiger partial charge < -0.3 is 4.90 Å². The Morgan fingerprint density at radius 3 is 3.08 bits per heavy atom. The molecule has 13 heavy (non-hydrogen) atoms. The van der Waals surface area contributed by atoms with Gasteiger partial charge in [-0.25, -0.2) is 9.86 Å². The van der Waals surface area contributed by atoms with E-state index in [0.29, 0.717) is 6.54 Å². The number of carbonyl (C=O) groups is 1. The SMILES string of the molecule is C/N=C/[C@@H]1CC[C@H]2CN1C(=O)N2O. The van der Waals surface area contributed by atoms with E-state index >= 15 is 0 Å². The molecule has 2 fully saturated rings. The Hall–Kier alpha value is -1.10. The molecular formula is C8H13N3O2. The number of aliphatic imine (C=N–C) groups is 1. The molecule has 1 N–H and O–H groups in total. The van der Waals surface area contributed by atoms with Crippen molar-refractivity contribution in [2.45, 2.75) is 24.9 Å². The van der Waals surface area contributed by atoms with Crippen LogP contribution in [-0.4, -0.2) is 53.1 Å². The number of carbonyl (C=O) groups excluding carboxylic acids is 1. The Morgan fingerprint density at radius 2 is 2.38 bits per heavy atom. The molecule has 0 aromatic rings. The molecule has 0 radical (unpaired) electrons. The van der Waals surface area contributed by atoms with E-state index < -0.39 is 0 Å². The number of piperidine rings is 1. The number of rotatable bonds is 1. The second-order valence-electron chi connectivity index (χ2n) is 3.49. The van der Waals surface area contributed by atoms with Gasteiger partial charge in [0.15, 0.2) is 0 Å². The van der Waals surface area contributed by atoms with Crippen LogP contribution in [0, 0.1) is 0 Å². The molecule has 5 nitrogen and oxygen atoms in total. The molecule has 0 saturated carbocycles. The zero-order chi connectivity index (χ0) is 9.42. The first-order valence-corrected chi connectivity index (χ1v) is 4.45. The maximum Gasteiger partial charge on any atom is 0.344 e. The minimum Gasteiger partial charge on any atom is -0.313 e. The molecule has 2 atom stereocenters. The lowest BCUT2D eigenvalue weighted by Gasteiger charge is -2.27. The third kappa shape index (κ3) is 1.19. The van der Waals surface area contributed by atoms with Gasteiger partial charge in [0.25, 0.3) is 0 Å². The summed E-state index contributed by atoms with van der Waals surface area (Å²) in [5, 5.41) is 10.2. The summed E-state index contributed by atoms with van der Waals surface area (Å²) in [5.41, 5.74) is 0. The Kier molecular flexibility index (Phi) is 1.95. The first-order chi connectivity index (χ1) is 6.24. The normalized spacial score (nSPS) is 33.5. The van der Waals surface area contributed by atoms with E-state index in [4.69, 9.17) is 0 Å². The molecule has 2 rings (SSSR count). The summed E-state index contributed by atoms with van der Waals surface area (Å²) in [6.07, 6.45) is 3.52. The van der Waals surface area contributed by atoms with Gasteiger partial charge in [-0.2, -0.15) is 0 Å². The maximum atomic E-state index is 11.4. The molecule has 2 heterocycles. The van der Waals surface area contributed by atoms with Crippen LogP contribution in [0.15, 0.2) is 4.99 Å². The zero-order valence-corrected chi connectivity index (χ0v) is 7.55. The van der Waals surface area contributed by atoms with E-state index in [0.717, 1.165) is 17.9 Å². The molecule has 0 aromatic carbocycles. The fraction of sp³-hybridized carbons (Fsp3) is 0.750. The molecule has 2 amide bonds. The van der Waals surface area contributed by atoms with Crippen LogP contribution in [0.2, 0.25) is 0 Å². The third-order valence-corrected chi connectivity index (χ3v) is 2.71. The van der Waals surface area contributed by atoms with Gasteiger partial charge in [-0.3, -0.25) is 10.2 Å². The van der Waals surface area contributed by atoms with Crippen molar-refractivity contribution in [3.63, 3.8) is 0 Å². The minimum absolute atomic E-state index is 0.00555. The summed E-state index contributed by atoms with van der Waals surface area (Å²) < 4.78 is 0.